The van der Waals surface area contributed by atoms with E-state index < -0.39 is 34.5 Å². The molecule has 0 spiro atoms. The topological polar surface area (TPSA) is 128 Å². The van der Waals surface area contributed by atoms with Crippen molar-refractivity contribution in [2.45, 2.75) is 37.1 Å². The monoisotopic (exact) mass is 460 g/mol. The largest absolute Gasteiger partial charge is 0.466 e. The third-order valence-corrected chi connectivity index (χ3v) is 5.91. The van der Waals surface area contributed by atoms with Gasteiger partial charge in [0.05, 0.1) is 11.5 Å². The summed E-state index contributed by atoms with van der Waals surface area (Å²) < 4.78 is 37.1. The average Bonchev–Trinajstić information content (AvgIpc) is 2.73. The zero-order chi connectivity index (χ0) is 22.4. The van der Waals surface area contributed by atoms with Crippen molar-refractivity contribution in [2.75, 3.05) is 31.8 Å². The molecule has 0 aliphatic heterocycles. The Morgan fingerprint density at radius 1 is 1.13 bits per heavy atom. The van der Waals surface area contributed by atoms with E-state index in [2.05, 4.69) is 10.0 Å². The molecule has 168 valence electrons. The van der Waals surface area contributed by atoms with E-state index >= 15 is 0 Å². The molecular weight excluding hydrogens is 432 g/mol. The number of amides is 1. The lowest BCUT2D eigenvalue weighted by Crippen LogP contribution is -2.43. The van der Waals surface area contributed by atoms with Crippen LogP contribution in [0.2, 0.25) is 0 Å². The fourth-order valence-electron chi connectivity index (χ4n) is 2.30. The number of nitrogens with one attached hydrogen (secondary N) is 2. The molecule has 2 N–H and O–H groups in total. The second kappa shape index (κ2) is 14.0. The van der Waals surface area contributed by atoms with E-state index in [9.17, 15) is 22.8 Å². The summed E-state index contributed by atoms with van der Waals surface area (Å²) in [6, 6.07) is 6.57. The summed E-state index contributed by atoms with van der Waals surface area (Å²) in [4.78, 5) is 35.4. The number of thioether (sulfide) groups is 1. The molecule has 0 heterocycles. The first-order valence-corrected chi connectivity index (χ1v) is 12.3. The van der Waals surface area contributed by atoms with Crippen LogP contribution >= 0.6 is 11.8 Å². The molecule has 1 atom stereocenters. The third kappa shape index (κ3) is 10.1. The molecule has 0 bridgehead atoms. The highest BCUT2D eigenvalue weighted by atomic mass is 32.2. The van der Waals surface area contributed by atoms with E-state index in [0.717, 1.165) is 0 Å². The maximum absolute atomic E-state index is 12.5. The van der Waals surface area contributed by atoms with E-state index in [1.54, 1.807) is 25.1 Å². The Labute approximate surface area is 181 Å². The number of sulfonamides is 1. The minimum absolute atomic E-state index is 0.0336. The van der Waals surface area contributed by atoms with Gasteiger partial charge in [0.2, 0.25) is 10.0 Å². The van der Waals surface area contributed by atoms with E-state index in [1.807, 2.05) is 6.26 Å². The summed E-state index contributed by atoms with van der Waals surface area (Å²) in [5.74, 6) is -1.19. The number of carbonyl (C=O) groups excluding carboxylic acids is 3. The van der Waals surface area contributed by atoms with Crippen LogP contribution < -0.4 is 10.0 Å². The van der Waals surface area contributed by atoms with E-state index in [4.69, 9.17) is 9.47 Å². The Morgan fingerprint density at radius 3 is 2.47 bits per heavy atom. The van der Waals surface area contributed by atoms with Crippen LogP contribution in [0.15, 0.2) is 35.2 Å². The van der Waals surface area contributed by atoms with Gasteiger partial charge in [-0.1, -0.05) is 18.2 Å². The van der Waals surface area contributed by atoms with Crippen LogP contribution in [0.3, 0.4) is 0 Å². The summed E-state index contributed by atoms with van der Waals surface area (Å²) in [5, 5.41) is 2.52. The van der Waals surface area contributed by atoms with Gasteiger partial charge < -0.3 is 14.8 Å². The molecule has 0 saturated heterocycles. The van der Waals surface area contributed by atoms with Gasteiger partial charge in [-0.15, -0.1) is 0 Å². The molecule has 1 aromatic rings. The van der Waals surface area contributed by atoms with Crippen molar-refractivity contribution in [1.82, 2.24) is 10.0 Å². The molecule has 11 heteroatoms. The van der Waals surface area contributed by atoms with Crippen molar-refractivity contribution in [3.8, 4) is 0 Å². The van der Waals surface area contributed by atoms with Gasteiger partial charge in [0.1, 0.15) is 6.04 Å². The van der Waals surface area contributed by atoms with Gasteiger partial charge >= 0.3 is 11.9 Å². The van der Waals surface area contributed by atoms with Crippen LogP contribution in [0.5, 0.6) is 0 Å². The first kappa shape index (κ1) is 25.9. The van der Waals surface area contributed by atoms with Crippen molar-refractivity contribution in [2.24, 2.45) is 0 Å². The average molecular weight is 461 g/mol. The molecule has 0 aromatic heterocycles. The molecule has 0 radical (unpaired) electrons. The second-order valence-corrected chi connectivity index (χ2v) is 8.83. The van der Waals surface area contributed by atoms with Crippen LogP contribution in [-0.4, -0.2) is 64.1 Å². The minimum Gasteiger partial charge on any atom is -0.466 e. The molecule has 0 fully saturated rings. The SMILES string of the molecule is CCOC(=O)CCCNC(=O)COC(=O)C(CCSC)NS(=O)(=O)c1ccccc1. The molecule has 9 nitrogen and oxygen atoms in total. The van der Waals surface area contributed by atoms with Crippen LogP contribution in [0.25, 0.3) is 0 Å². The fourth-order valence-corrected chi connectivity index (χ4v) is 4.01. The molecule has 1 unspecified atom stereocenters. The number of hydrogen-bond acceptors (Lipinski definition) is 8. The summed E-state index contributed by atoms with van der Waals surface area (Å²) in [6.45, 7) is 1.69. The first-order chi connectivity index (χ1) is 14.3. The molecule has 30 heavy (non-hydrogen) atoms. The number of rotatable bonds is 14. The Balaban J connectivity index is 2.52. The first-order valence-electron chi connectivity index (χ1n) is 9.45. The molecule has 0 aliphatic rings. The summed E-state index contributed by atoms with van der Waals surface area (Å²) in [7, 11) is -3.91. The van der Waals surface area contributed by atoms with Crippen molar-refractivity contribution in [3.05, 3.63) is 30.3 Å². The Morgan fingerprint density at radius 2 is 1.83 bits per heavy atom. The highest BCUT2D eigenvalue weighted by Crippen LogP contribution is 2.11. The van der Waals surface area contributed by atoms with Crippen molar-refractivity contribution >= 4 is 39.6 Å². The lowest BCUT2D eigenvalue weighted by molar-refractivity contribution is -0.150. The lowest BCUT2D eigenvalue weighted by atomic mass is 10.2. The van der Waals surface area contributed by atoms with Crippen molar-refractivity contribution in [3.63, 3.8) is 0 Å². The molecule has 1 amide bonds. The maximum Gasteiger partial charge on any atom is 0.324 e. The quantitative estimate of drug-likeness (QED) is 0.312. The fraction of sp³-hybridized carbons (Fsp3) is 0.526. The highest BCUT2D eigenvalue weighted by molar-refractivity contribution is 7.98. The van der Waals surface area contributed by atoms with Gasteiger partial charge in [-0.05, 0) is 43.9 Å². The minimum atomic E-state index is -3.91. The standard InChI is InChI=1S/C19H28N2O7S2/c1-3-27-18(23)10-7-12-20-17(22)14-28-19(24)16(11-13-29-2)21-30(25,26)15-8-5-4-6-9-15/h4-6,8-9,16,21H,3,7,10-14H2,1-2H3,(H,20,22). The Hall–Kier alpha value is -2.11. The van der Waals surface area contributed by atoms with E-state index in [0.29, 0.717) is 18.8 Å². The normalized spacial score (nSPS) is 12.1. The third-order valence-electron chi connectivity index (χ3n) is 3.78. The van der Waals surface area contributed by atoms with Crippen LogP contribution in [0.4, 0.5) is 0 Å². The Bertz CT molecular complexity index is 785. The predicted octanol–water partition coefficient (Wildman–Crippen LogP) is 1.09. The van der Waals surface area contributed by atoms with Crippen LogP contribution in [0, 0.1) is 0 Å². The summed E-state index contributed by atoms with van der Waals surface area (Å²) in [5.41, 5.74) is 0. The molecule has 1 aromatic carbocycles. The molecule has 1 rings (SSSR count). The zero-order valence-electron chi connectivity index (χ0n) is 17.1. The van der Waals surface area contributed by atoms with Crippen LogP contribution in [-0.2, 0) is 33.9 Å². The van der Waals surface area contributed by atoms with Gasteiger partial charge in [-0.25, -0.2) is 8.42 Å². The summed E-state index contributed by atoms with van der Waals surface area (Å²) >= 11 is 1.45. The smallest absolute Gasteiger partial charge is 0.324 e. The number of esters is 2. The lowest BCUT2D eigenvalue weighted by Gasteiger charge is -2.17. The van der Waals surface area contributed by atoms with Crippen molar-refractivity contribution in [1.29, 1.82) is 0 Å². The molecule has 0 aliphatic carbocycles. The van der Waals surface area contributed by atoms with E-state index in [-0.39, 0.29) is 30.3 Å². The van der Waals surface area contributed by atoms with Gasteiger partial charge in [0.25, 0.3) is 5.91 Å². The summed E-state index contributed by atoms with van der Waals surface area (Å²) in [6.07, 6.45) is 2.61. The predicted molar refractivity (Wildman–Crippen MR) is 113 cm³/mol. The zero-order valence-corrected chi connectivity index (χ0v) is 18.7. The molecular formula is C19H28N2O7S2. The van der Waals surface area contributed by atoms with Crippen LogP contribution in [0.1, 0.15) is 26.2 Å². The van der Waals surface area contributed by atoms with E-state index in [1.165, 1.54) is 23.9 Å². The Kier molecular flexibility index (Phi) is 12.1. The second-order valence-electron chi connectivity index (χ2n) is 6.13. The van der Waals surface area contributed by atoms with Gasteiger partial charge in [0, 0.05) is 13.0 Å². The van der Waals surface area contributed by atoms with Gasteiger partial charge in [-0.2, -0.15) is 16.5 Å². The van der Waals surface area contributed by atoms with Gasteiger partial charge in [-0.3, -0.25) is 14.4 Å². The molecule has 0 saturated carbocycles. The van der Waals surface area contributed by atoms with Crippen molar-refractivity contribution < 1.29 is 32.3 Å². The number of hydrogen-bond donors (Lipinski definition) is 2. The highest BCUT2D eigenvalue weighted by Gasteiger charge is 2.27. The maximum atomic E-state index is 12.5. The number of carbonyl (C=O) groups is 3. The number of ether oxygens (including phenoxy) is 2. The number of benzene rings is 1. The van der Waals surface area contributed by atoms with Gasteiger partial charge in [0.15, 0.2) is 6.61 Å².